The van der Waals surface area contributed by atoms with Gasteiger partial charge in [-0.1, -0.05) is 20.3 Å². The smallest absolute Gasteiger partial charge is 0.255 e. The molecule has 5 nitrogen and oxygen atoms in total. The summed E-state index contributed by atoms with van der Waals surface area (Å²) in [4.78, 5) is 19.6. The molecule has 2 aromatic rings. The van der Waals surface area contributed by atoms with Crippen molar-refractivity contribution in [1.29, 1.82) is 0 Å². The van der Waals surface area contributed by atoms with Crippen LogP contribution in [0.2, 0.25) is 0 Å². The fourth-order valence-corrected chi connectivity index (χ4v) is 3.97. The van der Waals surface area contributed by atoms with Crippen LogP contribution in [0.4, 0.5) is 17.1 Å². The van der Waals surface area contributed by atoms with E-state index in [4.69, 9.17) is 0 Å². The van der Waals surface area contributed by atoms with E-state index in [9.17, 15) is 4.79 Å². The van der Waals surface area contributed by atoms with Crippen LogP contribution in [-0.2, 0) is 0 Å². The molecule has 168 valence electrons. The molecule has 1 saturated heterocycles. The number of amides is 1. The molecule has 0 bridgehead atoms. The molecule has 2 atom stereocenters. The average Bonchev–Trinajstić information content (AvgIpc) is 3.28. The first-order valence-electron chi connectivity index (χ1n) is 11.5. The maximum atomic E-state index is 12.7. The summed E-state index contributed by atoms with van der Waals surface area (Å²) < 4.78 is 0. The Kier molecular flexibility index (Phi) is 7.97. The van der Waals surface area contributed by atoms with Gasteiger partial charge in [0.05, 0.1) is 0 Å². The number of hydrogen-bond acceptors (Lipinski definition) is 4. The van der Waals surface area contributed by atoms with Crippen molar-refractivity contribution in [2.45, 2.75) is 39.2 Å². The monoisotopic (exact) mass is 422 g/mol. The van der Waals surface area contributed by atoms with Crippen molar-refractivity contribution in [3.05, 3.63) is 54.1 Å². The molecule has 3 rings (SSSR count). The Bertz CT molecular complexity index is 831. The fourth-order valence-electron chi connectivity index (χ4n) is 3.97. The van der Waals surface area contributed by atoms with Gasteiger partial charge in [0.15, 0.2) is 0 Å². The highest BCUT2D eigenvalue weighted by Crippen LogP contribution is 2.24. The van der Waals surface area contributed by atoms with E-state index in [1.54, 1.807) is 0 Å². The molecule has 0 aromatic heterocycles. The van der Waals surface area contributed by atoms with E-state index < -0.39 is 0 Å². The first kappa shape index (κ1) is 23.1. The van der Waals surface area contributed by atoms with Crippen molar-refractivity contribution in [1.82, 2.24) is 4.90 Å². The first-order valence-corrected chi connectivity index (χ1v) is 11.5. The van der Waals surface area contributed by atoms with Crippen LogP contribution in [0, 0.1) is 5.92 Å². The largest absolute Gasteiger partial charge is 0.375 e. The van der Waals surface area contributed by atoms with Crippen molar-refractivity contribution in [3.8, 4) is 0 Å². The van der Waals surface area contributed by atoms with Crippen molar-refractivity contribution in [2.24, 2.45) is 5.92 Å². The SMILES string of the molecule is CCC(C)CCN(C)c1ccc(C(=O)Nc2ccc(N3CCC(N(C)C)C3)cc2)cc1. The number of likely N-dealkylation sites (N-methyl/N-ethyl adjacent to an activating group) is 1. The van der Waals surface area contributed by atoms with Crippen molar-refractivity contribution >= 4 is 23.0 Å². The summed E-state index contributed by atoms with van der Waals surface area (Å²) in [6.07, 6.45) is 3.58. The molecule has 1 amide bonds. The number of anilines is 3. The highest BCUT2D eigenvalue weighted by Gasteiger charge is 2.24. The molecule has 0 radical (unpaired) electrons. The highest BCUT2D eigenvalue weighted by atomic mass is 16.1. The summed E-state index contributed by atoms with van der Waals surface area (Å²) in [5.74, 6) is 0.661. The Morgan fingerprint density at radius 2 is 1.77 bits per heavy atom. The number of nitrogens with zero attached hydrogens (tertiary/aromatic N) is 3. The highest BCUT2D eigenvalue weighted by molar-refractivity contribution is 6.04. The summed E-state index contributed by atoms with van der Waals surface area (Å²) in [6, 6.07) is 16.7. The van der Waals surface area contributed by atoms with E-state index in [1.165, 1.54) is 24.9 Å². The summed E-state index contributed by atoms with van der Waals surface area (Å²) in [6.45, 7) is 7.68. The minimum atomic E-state index is -0.0737. The third-order valence-corrected chi connectivity index (χ3v) is 6.61. The molecule has 1 heterocycles. The third kappa shape index (κ3) is 6.23. The van der Waals surface area contributed by atoms with Crippen LogP contribution < -0.4 is 15.1 Å². The van der Waals surface area contributed by atoms with Gasteiger partial charge in [-0.15, -0.1) is 0 Å². The van der Waals surface area contributed by atoms with Crippen LogP contribution in [0.1, 0.15) is 43.5 Å². The Balaban J connectivity index is 1.54. The summed E-state index contributed by atoms with van der Waals surface area (Å²) >= 11 is 0. The second kappa shape index (κ2) is 10.7. The molecule has 2 aromatic carbocycles. The van der Waals surface area contributed by atoms with E-state index in [1.807, 2.05) is 36.4 Å². The lowest BCUT2D eigenvalue weighted by atomic mass is 10.1. The zero-order valence-corrected chi connectivity index (χ0v) is 19.8. The minimum absolute atomic E-state index is 0.0737. The third-order valence-electron chi connectivity index (χ3n) is 6.61. The number of carbonyl (C=O) groups excluding carboxylic acids is 1. The lowest BCUT2D eigenvalue weighted by molar-refractivity contribution is 0.102. The Hall–Kier alpha value is -2.53. The van der Waals surface area contributed by atoms with E-state index >= 15 is 0 Å². The first-order chi connectivity index (χ1) is 14.9. The molecular formula is C26H38N4O. The van der Waals surface area contributed by atoms with Crippen LogP contribution in [-0.4, -0.2) is 57.6 Å². The van der Waals surface area contributed by atoms with Crippen LogP contribution in [0.25, 0.3) is 0 Å². The number of rotatable bonds is 9. The number of carbonyl (C=O) groups is 1. The normalized spacial score (nSPS) is 17.1. The minimum Gasteiger partial charge on any atom is -0.375 e. The Morgan fingerprint density at radius 1 is 1.10 bits per heavy atom. The van der Waals surface area contributed by atoms with Crippen molar-refractivity contribution < 1.29 is 4.79 Å². The molecule has 0 spiro atoms. The zero-order chi connectivity index (χ0) is 22.4. The van der Waals surface area contributed by atoms with Gasteiger partial charge in [-0.25, -0.2) is 0 Å². The van der Waals surface area contributed by atoms with E-state index in [0.29, 0.717) is 11.6 Å². The van der Waals surface area contributed by atoms with Crippen LogP contribution in [0.5, 0.6) is 0 Å². The zero-order valence-electron chi connectivity index (χ0n) is 19.8. The number of benzene rings is 2. The molecule has 1 aliphatic heterocycles. The quantitative estimate of drug-likeness (QED) is 0.620. The van der Waals surface area contributed by atoms with Crippen molar-refractivity contribution in [2.75, 3.05) is 55.9 Å². The molecule has 2 unspecified atom stereocenters. The van der Waals surface area contributed by atoms with Crippen LogP contribution >= 0.6 is 0 Å². The lowest BCUT2D eigenvalue weighted by Gasteiger charge is -2.22. The second-order valence-electron chi connectivity index (χ2n) is 9.12. The van der Waals surface area contributed by atoms with Crippen LogP contribution in [0.15, 0.2) is 48.5 Å². The van der Waals surface area contributed by atoms with Gasteiger partial charge in [-0.05, 0) is 81.4 Å². The standard InChI is InChI=1S/C26H38N4O/c1-6-20(2)15-17-29(5)23-11-7-21(8-12-23)26(31)27-22-9-13-24(14-10-22)30-18-16-25(19-30)28(3)4/h7-14,20,25H,6,15-19H2,1-5H3,(H,27,31). The van der Waals surface area contributed by atoms with Gasteiger partial charge in [0, 0.05) is 55.3 Å². The predicted octanol–water partition coefficient (Wildman–Crippen LogP) is 4.95. The van der Waals surface area contributed by atoms with E-state index in [-0.39, 0.29) is 5.91 Å². The molecule has 0 aliphatic carbocycles. The number of nitrogens with one attached hydrogen (secondary N) is 1. The van der Waals surface area contributed by atoms with Gasteiger partial charge in [0.2, 0.25) is 0 Å². The molecule has 5 heteroatoms. The maximum absolute atomic E-state index is 12.7. The predicted molar refractivity (Wildman–Crippen MR) is 132 cm³/mol. The Labute approximate surface area is 188 Å². The van der Waals surface area contributed by atoms with E-state index in [2.05, 4.69) is 67.1 Å². The average molecular weight is 423 g/mol. The molecule has 1 N–H and O–H groups in total. The molecule has 1 aliphatic rings. The van der Waals surface area contributed by atoms with Gasteiger partial charge >= 0.3 is 0 Å². The second-order valence-corrected chi connectivity index (χ2v) is 9.12. The summed E-state index contributed by atoms with van der Waals surface area (Å²) in [5.41, 5.74) is 3.86. The Morgan fingerprint density at radius 3 is 2.35 bits per heavy atom. The molecule has 1 fully saturated rings. The van der Waals surface area contributed by atoms with E-state index in [0.717, 1.165) is 36.9 Å². The molecule has 0 saturated carbocycles. The van der Waals surface area contributed by atoms with Gasteiger partial charge in [-0.3, -0.25) is 4.79 Å². The van der Waals surface area contributed by atoms with Gasteiger partial charge in [0.25, 0.3) is 5.91 Å². The van der Waals surface area contributed by atoms with Gasteiger partial charge < -0.3 is 20.0 Å². The number of hydrogen-bond donors (Lipinski definition) is 1. The summed E-state index contributed by atoms with van der Waals surface area (Å²) in [7, 11) is 6.40. The lowest BCUT2D eigenvalue weighted by Crippen LogP contribution is -2.31. The van der Waals surface area contributed by atoms with Gasteiger partial charge in [0.1, 0.15) is 0 Å². The van der Waals surface area contributed by atoms with Crippen molar-refractivity contribution in [3.63, 3.8) is 0 Å². The van der Waals surface area contributed by atoms with Crippen LogP contribution in [0.3, 0.4) is 0 Å². The molecule has 31 heavy (non-hydrogen) atoms. The molecular weight excluding hydrogens is 384 g/mol. The topological polar surface area (TPSA) is 38.8 Å². The van der Waals surface area contributed by atoms with Gasteiger partial charge in [-0.2, -0.15) is 0 Å². The fraction of sp³-hybridized carbons (Fsp3) is 0.500. The maximum Gasteiger partial charge on any atom is 0.255 e. The summed E-state index contributed by atoms with van der Waals surface area (Å²) in [5, 5.41) is 3.02.